The molecule has 1 fully saturated rings. The maximum Gasteiger partial charge on any atom is 0.240 e. The fourth-order valence-corrected chi connectivity index (χ4v) is 4.60. The Bertz CT molecular complexity index is 569. The van der Waals surface area contributed by atoms with Crippen LogP contribution in [0.1, 0.15) is 45.1 Å². The lowest BCUT2D eigenvalue weighted by atomic mass is 9.78. The molecule has 0 heterocycles. The highest BCUT2D eigenvalue weighted by Crippen LogP contribution is 2.31. The minimum absolute atomic E-state index is 0.0466. The number of hydrogen-bond donors (Lipinski definition) is 2. The summed E-state index contributed by atoms with van der Waals surface area (Å²) in [6.07, 6.45) is 4.33. The van der Waals surface area contributed by atoms with Crippen LogP contribution in [0.5, 0.6) is 0 Å². The van der Waals surface area contributed by atoms with Crippen LogP contribution in [0.2, 0.25) is 0 Å². The second kappa shape index (κ2) is 6.90. The van der Waals surface area contributed by atoms with Gasteiger partial charge in [-0.1, -0.05) is 38.8 Å². The Morgan fingerprint density at radius 2 is 2.00 bits per heavy atom. The number of hydrogen-bond acceptors (Lipinski definition) is 3. The molecule has 0 radical (unpaired) electrons. The summed E-state index contributed by atoms with van der Waals surface area (Å²) in [6.45, 7) is 4.69. The summed E-state index contributed by atoms with van der Waals surface area (Å²) in [7, 11) is -3.46. The number of nitrogens with two attached hydrogens (primary N) is 1. The molecule has 3 N–H and O–H groups in total. The third-order valence-corrected chi connectivity index (χ3v) is 5.91. The van der Waals surface area contributed by atoms with Crippen molar-refractivity contribution in [2.75, 3.05) is 0 Å². The predicted octanol–water partition coefficient (Wildman–Crippen LogP) is 2.64. The molecular formula is C16H26N2O2S. The van der Waals surface area contributed by atoms with Gasteiger partial charge in [0.2, 0.25) is 10.0 Å². The Labute approximate surface area is 128 Å². The average molecular weight is 310 g/mol. The molecule has 0 aromatic heterocycles. The molecule has 118 valence electrons. The third kappa shape index (κ3) is 4.05. The molecular weight excluding hydrogens is 284 g/mol. The van der Waals surface area contributed by atoms with Gasteiger partial charge in [0.1, 0.15) is 0 Å². The van der Waals surface area contributed by atoms with Gasteiger partial charge in [0.15, 0.2) is 0 Å². The highest BCUT2D eigenvalue weighted by atomic mass is 32.2. The van der Waals surface area contributed by atoms with Crippen LogP contribution in [0.15, 0.2) is 29.2 Å². The first-order valence-electron chi connectivity index (χ1n) is 7.75. The SMILES string of the molecule is CC(C)C1CCCCC1NS(=O)(=O)c1cccc(CN)c1. The van der Waals surface area contributed by atoms with E-state index in [-0.39, 0.29) is 6.04 Å². The third-order valence-electron chi connectivity index (χ3n) is 4.43. The standard InChI is InChI=1S/C16H26N2O2S/c1-12(2)15-8-3-4-9-16(15)18-21(19,20)14-7-5-6-13(10-14)11-17/h5-7,10,12,15-16,18H,3-4,8-9,11,17H2,1-2H3. The van der Waals surface area contributed by atoms with Gasteiger partial charge in [-0.3, -0.25) is 0 Å². The number of rotatable bonds is 5. The fourth-order valence-electron chi connectivity index (χ4n) is 3.21. The molecule has 4 nitrogen and oxygen atoms in total. The molecule has 0 amide bonds. The molecule has 2 atom stereocenters. The van der Waals surface area contributed by atoms with Crippen molar-refractivity contribution < 1.29 is 8.42 Å². The van der Waals surface area contributed by atoms with Gasteiger partial charge in [-0.25, -0.2) is 13.1 Å². The lowest BCUT2D eigenvalue weighted by Crippen LogP contribution is -2.43. The van der Waals surface area contributed by atoms with Crippen LogP contribution >= 0.6 is 0 Å². The molecule has 21 heavy (non-hydrogen) atoms. The molecule has 1 aliphatic carbocycles. The van der Waals surface area contributed by atoms with Gasteiger partial charge in [-0.15, -0.1) is 0 Å². The van der Waals surface area contributed by atoms with E-state index in [1.807, 2.05) is 6.07 Å². The van der Waals surface area contributed by atoms with E-state index in [9.17, 15) is 8.42 Å². The number of sulfonamides is 1. The van der Waals surface area contributed by atoms with Crippen LogP contribution in [0.3, 0.4) is 0 Å². The number of nitrogens with one attached hydrogen (secondary N) is 1. The van der Waals surface area contributed by atoms with Crippen molar-refractivity contribution in [1.29, 1.82) is 0 Å². The largest absolute Gasteiger partial charge is 0.326 e. The maximum absolute atomic E-state index is 12.6. The highest BCUT2D eigenvalue weighted by molar-refractivity contribution is 7.89. The molecule has 5 heteroatoms. The first-order chi connectivity index (χ1) is 9.94. The van der Waals surface area contributed by atoms with Gasteiger partial charge in [0, 0.05) is 12.6 Å². The van der Waals surface area contributed by atoms with Crippen LogP contribution in [0.25, 0.3) is 0 Å². The van der Waals surface area contributed by atoms with E-state index in [0.29, 0.717) is 23.3 Å². The molecule has 0 saturated heterocycles. The second-order valence-electron chi connectivity index (χ2n) is 6.27. The van der Waals surface area contributed by atoms with E-state index >= 15 is 0 Å². The zero-order valence-corrected chi connectivity index (χ0v) is 13.7. The smallest absolute Gasteiger partial charge is 0.240 e. The van der Waals surface area contributed by atoms with Gasteiger partial charge in [-0.05, 0) is 42.4 Å². The zero-order valence-electron chi connectivity index (χ0n) is 12.9. The molecule has 1 saturated carbocycles. The van der Waals surface area contributed by atoms with Crippen molar-refractivity contribution in [3.05, 3.63) is 29.8 Å². The van der Waals surface area contributed by atoms with E-state index in [2.05, 4.69) is 18.6 Å². The molecule has 0 bridgehead atoms. The van der Waals surface area contributed by atoms with Crippen LogP contribution in [0, 0.1) is 11.8 Å². The first-order valence-corrected chi connectivity index (χ1v) is 9.23. The van der Waals surface area contributed by atoms with Crippen molar-refractivity contribution in [2.24, 2.45) is 17.6 Å². The van der Waals surface area contributed by atoms with E-state index in [4.69, 9.17) is 5.73 Å². The Balaban J connectivity index is 2.19. The van der Waals surface area contributed by atoms with Crippen LogP contribution in [-0.4, -0.2) is 14.5 Å². The summed E-state index contributed by atoms with van der Waals surface area (Å²) < 4.78 is 28.1. The van der Waals surface area contributed by atoms with E-state index < -0.39 is 10.0 Å². The molecule has 1 aromatic rings. The highest BCUT2D eigenvalue weighted by Gasteiger charge is 2.31. The summed E-state index contributed by atoms with van der Waals surface area (Å²) in [4.78, 5) is 0.318. The molecule has 2 unspecified atom stereocenters. The lowest BCUT2D eigenvalue weighted by molar-refractivity contribution is 0.226. The first kappa shape index (κ1) is 16.5. The molecule has 0 spiro atoms. The van der Waals surface area contributed by atoms with Crippen LogP contribution in [0.4, 0.5) is 0 Å². The zero-order chi connectivity index (χ0) is 15.5. The summed E-state index contributed by atoms with van der Waals surface area (Å²) >= 11 is 0. The normalized spacial score (nSPS) is 23.4. The second-order valence-corrected chi connectivity index (χ2v) is 7.99. The van der Waals surface area contributed by atoms with E-state index in [0.717, 1.165) is 24.8 Å². The Hall–Kier alpha value is -0.910. The summed E-state index contributed by atoms with van der Waals surface area (Å²) in [6, 6.07) is 6.93. The molecule has 1 aromatic carbocycles. The number of benzene rings is 1. The predicted molar refractivity (Wildman–Crippen MR) is 85.2 cm³/mol. The van der Waals surface area contributed by atoms with Crippen LogP contribution < -0.4 is 10.5 Å². The summed E-state index contributed by atoms with van der Waals surface area (Å²) in [5.74, 6) is 0.916. The van der Waals surface area contributed by atoms with Crippen molar-refractivity contribution in [3.8, 4) is 0 Å². The topological polar surface area (TPSA) is 72.2 Å². The van der Waals surface area contributed by atoms with Crippen molar-refractivity contribution >= 4 is 10.0 Å². The van der Waals surface area contributed by atoms with E-state index in [1.165, 1.54) is 6.42 Å². The molecule has 2 rings (SSSR count). The Kier molecular flexibility index (Phi) is 5.41. The minimum atomic E-state index is -3.46. The van der Waals surface area contributed by atoms with Gasteiger partial charge in [-0.2, -0.15) is 0 Å². The van der Waals surface area contributed by atoms with Crippen molar-refractivity contribution in [3.63, 3.8) is 0 Å². The van der Waals surface area contributed by atoms with Crippen LogP contribution in [-0.2, 0) is 16.6 Å². The van der Waals surface area contributed by atoms with Crippen molar-refractivity contribution in [2.45, 2.75) is 57.0 Å². The monoisotopic (exact) mass is 310 g/mol. The van der Waals surface area contributed by atoms with Gasteiger partial charge >= 0.3 is 0 Å². The lowest BCUT2D eigenvalue weighted by Gasteiger charge is -2.34. The molecule has 1 aliphatic rings. The van der Waals surface area contributed by atoms with Gasteiger partial charge in [0.25, 0.3) is 0 Å². The van der Waals surface area contributed by atoms with E-state index in [1.54, 1.807) is 18.2 Å². The minimum Gasteiger partial charge on any atom is -0.326 e. The van der Waals surface area contributed by atoms with Crippen molar-refractivity contribution in [1.82, 2.24) is 4.72 Å². The Morgan fingerprint density at radius 1 is 1.29 bits per heavy atom. The molecule has 0 aliphatic heterocycles. The summed E-state index contributed by atoms with van der Waals surface area (Å²) in [5, 5.41) is 0. The van der Waals surface area contributed by atoms with Gasteiger partial charge in [0.05, 0.1) is 4.90 Å². The van der Waals surface area contributed by atoms with Gasteiger partial charge < -0.3 is 5.73 Å². The Morgan fingerprint density at radius 3 is 2.67 bits per heavy atom. The average Bonchev–Trinajstić information content (AvgIpc) is 2.47. The summed E-state index contributed by atoms with van der Waals surface area (Å²) in [5.41, 5.74) is 6.43. The maximum atomic E-state index is 12.6. The quantitative estimate of drug-likeness (QED) is 0.878. The fraction of sp³-hybridized carbons (Fsp3) is 0.625.